The zero-order valence-corrected chi connectivity index (χ0v) is 17.4. The number of hydrogen-bond donors (Lipinski definition) is 0. The van der Waals surface area contributed by atoms with Crippen LogP contribution in [0.3, 0.4) is 0 Å². The lowest BCUT2D eigenvalue weighted by molar-refractivity contribution is -0.159. The maximum atomic E-state index is 13.2. The SMILES string of the molecule is N#Cc1cccc(COc2ccc3c(c2)CN2C(=O)CN(C4CCCC4)C(=O)[C@@H]2C3)c1. The summed E-state index contributed by atoms with van der Waals surface area (Å²) in [6.07, 6.45) is 4.88. The first-order valence-corrected chi connectivity index (χ1v) is 11.0. The standard InChI is InChI=1S/C25H25N3O3/c26-13-17-4-3-5-18(10-17)16-31-22-9-8-19-12-23-25(30)27(21-6-1-2-7-21)15-24(29)28(23)14-20(19)11-22/h3-5,8-11,21,23H,1-2,6-7,12,14-16H2/t23-/m0/s1. The zero-order valence-electron chi connectivity index (χ0n) is 17.4. The second-order valence-corrected chi connectivity index (χ2v) is 8.68. The minimum Gasteiger partial charge on any atom is -0.489 e. The van der Waals surface area contributed by atoms with Crippen molar-refractivity contribution in [1.29, 1.82) is 5.26 Å². The van der Waals surface area contributed by atoms with E-state index in [9.17, 15) is 9.59 Å². The summed E-state index contributed by atoms with van der Waals surface area (Å²) in [5.41, 5.74) is 3.68. The van der Waals surface area contributed by atoms with Gasteiger partial charge in [-0.2, -0.15) is 5.26 Å². The molecule has 2 fully saturated rings. The number of carbonyl (C=O) groups excluding carboxylic acids is 2. The van der Waals surface area contributed by atoms with Gasteiger partial charge in [-0.1, -0.05) is 31.0 Å². The second-order valence-electron chi connectivity index (χ2n) is 8.68. The van der Waals surface area contributed by atoms with Crippen LogP contribution in [0.1, 0.15) is 47.9 Å². The molecule has 0 N–H and O–H groups in total. The van der Waals surface area contributed by atoms with Crippen LogP contribution in [0.25, 0.3) is 0 Å². The Morgan fingerprint density at radius 3 is 2.65 bits per heavy atom. The molecule has 31 heavy (non-hydrogen) atoms. The Kier molecular flexibility index (Phi) is 5.11. The van der Waals surface area contributed by atoms with Gasteiger partial charge < -0.3 is 14.5 Å². The predicted octanol–water partition coefficient (Wildman–Crippen LogP) is 3.18. The normalized spacial score (nSPS) is 20.9. The first-order valence-electron chi connectivity index (χ1n) is 11.0. The number of hydrogen-bond acceptors (Lipinski definition) is 4. The molecule has 0 bridgehead atoms. The number of carbonyl (C=O) groups is 2. The number of nitriles is 1. The molecular weight excluding hydrogens is 390 g/mol. The highest BCUT2D eigenvalue weighted by molar-refractivity contribution is 5.95. The van der Waals surface area contributed by atoms with Gasteiger partial charge in [-0.15, -0.1) is 0 Å². The van der Waals surface area contributed by atoms with Crippen LogP contribution in [0, 0.1) is 11.3 Å². The molecule has 1 saturated heterocycles. The molecule has 3 aliphatic rings. The van der Waals surface area contributed by atoms with Gasteiger partial charge in [0.25, 0.3) is 0 Å². The maximum absolute atomic E-state index is 13.2. The Hall–Kier alpha value is -3.33. The van der Waals surface area contributed by atoms with E-state index in [-0.39, 0.29) is 30.4 Å². The molecule has 2 amide bonds. The van der Waals surface area contributed by atoms with Crippen molar-refractivity contribution < 1.29 is 14.3 Å². The third kappa shape index (κ3) is 3.76. The molecular formula is C25H25N3O3. The average Bonchev–Trinajstić information content (AvgIpc) is 3.34. The Morgan fingerprint density at radius 2 is 1.84 bits per heavy atom. The number of nitrogens with zero attached hydrogens (tertiary/aromatic N) is 3. The highest BCUT2D eigenvalue weighted by Crippen LogP contribution is 2.33. The van der Waals surface area contributed by atoms with E-state index in [0.717, 1.165) is 48.1 Å². The molecule has 6 nitrogen and oxygen atoms in total. The summed E-state index contributed by atoms with van der Waals surface area (Å²) in [5.74, 6) is 0.875. The Morgan fingerprint density at radius 1 is 1.00 bits per heavy atom. The number of fused-ring (bicyclic) bond motifs is 2. The van der Waals surface area contributed by atoms with E-state index in [0.29, 0.717) is 25.1 Å². The fraction of sp³-hybridized carbons (Fsp3) is 0.400. The van der Waals surface area contributed by atoms with Crippen molar-refractivity contribution in [3.05, 3.63) is 64.7 Å². The number of ether oxygens (including phenoxy) is 1. The molecule has 0 unspecified atom stereocenters. The Bertz CT molecular complexity index is 1070. The molecule has 158 valence electrons. The van der Waals surface area contributed by atoms with E-state index in [1.165, 1.54) is 0 Å². The van der Waals surface area contributed by atoms with Crippen LogP contribution in [0.5, 0.6) is 5.75 Å². The van der Waals surface area contributed by atoms with Crippen LogP contribution < -0.4 is 4.74 Å². The minimum absolute atomic E-state index is 0.0433. The third-order valence-corrected chi connectivity index (χ3v) is 6.73. The molecule has 6 heteroatoms. The molecule has 2 heterocycles. The number of piperazine rings is 1. The molecule has 1 atom stereocenters. The summed E-state index contributed by atoms with van der Waals surface area (Å²) in [6.45, 7) is 1.03. The van der Waals surface area contributed by atoms with Gasteiger partial charge >= 0.3 is 0 Å². The summed E-state index contributed by atoms with van der Waals surface area (Å²) >= 11 is 0. The van der Waals surface area contributed by atoms with E-state index in [1.54, 1.807) is 11.0 Å². The topological polar surface area (TPSA) is 73.6 Å². The summed E-state index contributed by atoms with van der Waals surface area (Å²) in [4.78, 5) is 29.6. The summed E-state index contributed by atoms with van der Waals surface area (Å²) in [7, 11) is 0. The molecule has 1 aliphatic carbocycles. The molecule has 0 radical (unpaired) electrons. The van der Waals surface area contributed by atoms with Crippen molar-refractivity contribution in [2.24, 2.45) is 0 Å². The number of rotatable bonds is 4. The van der Waals surface area contributed by atoms with Crippen molar-refractivity contribution in [2.75, 3.05) is 6.54 Å². The van der Waals surface area contributed by atoms with Crippen LogP contribution in [0.4, 0.5) is 0 Å². The lowest BCUT2D eigenvalue weighted by Gasteiger charge is -2.45. The predicted molar refractivity (Wildman–Crippen MR) is 114 cm³/mol. The highest BCUT2D eigenvalue weighted by atomic mass is 16.5. The van der Waals surface area contributed by atoms with Crippen molar-refractivity contribution in [3.63, 3.8) is 0 Å². The quantitative estimate of drug-likeness (QED) is 0.769. The summed E-state index contributed by atoms with van der Waals surface area (Å²) < 4.78 is 5.94. The number of amides is 2. The largest absolute Gasteiger partial charge is 0.489 e. The van der Waals surface area contributed by atoms with Crippen LogP contribution in [-0.2, 0) is 29.2 Å². The Labute approximate surface area is 182 Å². The van der Waals surface area contributed by atoms with E-state index in [1.807, 2.05) is 41.3 Å². The second kappa shape index (κ2) is 8.07. The summed E-state index contributed by atoms with van der Waals surface area (Å²) in [5, 5.41) is 9.04. The van der Waals surface area contributed by atoms with Crippen molar-refractivity contribution >= 4 is 11.8 Å². The van der Waals surface area contributed by atoms with Crippen LogP contribution in [0.2, 0.25) is 0 Å². The molecule has 0 spiro atoms. The minimum atomic E-state index is -0.380. The molecule has 5 rings (SSSR count). The van der Waals surface area contributed by atoms with E-state index in [4.69, 9.17) is 10.00 Å². The monoisotopic (exact) mass is 415 g/mol. The van der Waals surface area contributed by atoms with E-state index in [2.05, 4.69) is 6.07 Å². The van der Waals surface area contributed by atoms with E-state index < -0.39 is 0 Å². The Balaban J connectivity index is 1.31. The van der Waals surface area contributed by atoms with Gasteiger partial charge in [-0.3, -0.25) is 9.59 Å². The van der Waals surface area contributed by atoms with Gasteiger partial charge in [0, 0.05) is 19.0 Å². The molecule has 1 saturated carbocycles. The lowest BCUT2D eigenvalue weighted by atomic mass is 9.91. The van der Waals surface area contributed by atoms with E-state index >= 15 is 0 Å². The highest BCUT2D eigenvalue weighted by Gasteiger charge is 2.44. The van der Waals surface area contributed by atoms with Gasteiger partial charge in [-0.25, -0.2) is 0 Å². The van der Waals surface area contributed by atoms with Crippen molar-refractivity contribution in [2.45, 2.75) is 57.3 Å². The molecule has 2 aromatic carbocycles. The number of benzene rings is 2. The van der Waals surface area contributed by atoms with Gasteiger partial charge in [0.1, 0.15) is 24.9 Å². The smallest absolute Gasteiger partial charge is 0.246 e. The van der Waals surface area contributed by atoms with Gasteiger partial charge in [0.05, 0.1) is 11.6 Å². The van der Waals surface area contributed by atoms with Gasteiger partial charge in [-0.05, 0) is 53.8 Å². The first-order chi connectivity index (χ1) is 15.1. The van der Waals surface area contributed by atoms with Crippen molar-refractivity contribution in [3.8, 4) is 11.8 Å². The van der Waals surface area contributed by atoms with Crippen molar-refractivity contribution in [1.82, 2.24) is 9.80 Å². The third-order valence-electron chi connectivity index (χ3n) is 6.73. The fourth-order valence-corrected chi connectivity index (χ4v) is 5.06. The average molecular weight is 415 g/mol. The van der Waals surface area contributed by atoms with Crippen LogP contribution in [0.15, 0.2) is 42.5 Å². The maximum Gasteiger partial charge on any atom is 0.246 e. The van der Waals surface area contributed by atoms with Gasteiger partial charge in [0.2, 0.25) is 11.8 Å². The lowest BCUT2D eigenvalue weighted by Crippen LogP contribution is -2.63. The van der Waals surface area contributed by atoms with Crippen LogP contribution in [-0.4, -0.2) is 40.2 Å². The zero-order chi connectivity index (χ0) is 21.4. The molecule has 0 aromatic heterocycles. The van der Waals surface area contributed by atoms with Gasteiger partial charge in [0.15, 0.2) is 0 Å². The van der Waals surface area contributed by atoms with Crippen LogP contribution >= 0.6 is 0 Å². The molecule has 2 aliphatic heterocycles. The summed E-state index contributed by atoms with van der Waals surface area (Å²) in [6, 6.07) is 15.3. The molecule has 2 aromatic rings. The fourth-order valence-electron chi connectivity index (χ4n) is 5.06. The first kappa shape index (κ1) is 19.6.